The lowest BCUT2D eigenvalue weighted by Crippen LogP contribution is -2.36. The molecule has 0 spiro atoms. The van der Waals surface area contributed by atoms with Gasteiger partial charge in [0, 0.05) is 24.7 Å². The van der Waals surface area contributed by atoms with E-state index in [1.165, 1.54) is 16.2 Å². The van der Waals surface area contributed by atoms with Crippen molar-refractivity contribution in [2.75, 3.05) is 24.5 Å². The number of halogens is 3. The molecule has 118 valence electrons. The highest BCUT2D eigenvalue weighted by Crippen LogP contribution is 2.28. The van der Waals surface area contributed by atoms with E-state index in [1.807, 2.05) is 29.8 Å². The van der Waals surface area contributed by atoms with Crippen LogP contribution in [0.2, 0.25) is 0 Å². The molecule has 0 aliphatic carbocycles. The van der Waals surface area contributed by atoms with E-state index in [1.54, 1.807) is 0 Å². The number of hydrogen-bond donors (Lipinski definition) is 1. The van der Waals surface area contributed by atoms with Gasteiger partial charge in [-0.1, -0.05) is 13.8 Å². The summed E-state index contributed by atoms with van der Waals surface area (Å²) in [5, 5.41) is 5.05. The summed E-state index contributed by atoms with van der Waals surface area (Å²) in [5.41, 5.74) is 0.783. The van der Waals surface area contributed by atoms with Crippen LogP contribution < -0.4 is 10.2 Å². The molecule has 0 atom stereocenters. The van der Waals surface area contributed by atoms with Crippen molar-refractivity contribution >= 4 is 22.1 Å². The Morgan fingerprint density at radius 2 is 2.14 bits per heavy atom. The highest BCUT2D eigenvalue weighted by atomic mass is 32.1. The molecular weight excluding hydrogens is 301 g/mol. The van der Waals surface area contributed by atoms with Crippen LogP contribution >= 0.6 is 11.3 Å². The fourth-order valence-corrected chi connectivity index (χ4v) is 2.96. The number of alkyl halides is 3. The van der Waals surface area contributed by atoms with E-state index < -0.39 is 12.7 Å². The minimum absolute atomic E-state index is 0.337. The first-order chi connectivity index (χ1) is 9.96. The number of aromatic nitrogens is 2. The summed E-state index contributed by atoms with van der Waals surface area (Å²) in [7, 11) is 0. The molecular formula is C13H19F3N4S. The van der Waals surface area contributed by atoms with E-state index in [0.717, 1.165) is 17.2 Å². The third-order valence-corrected chi connectivity index (χ3v) is 3.80. The van der Waals surface area contributed by atoms with Crippen molar-refractivity contribution in [2.45, 2.75) is 33.0 Å². The van der Waals surface area contributed by atoms with Crippen molar-refractivity contribution in [3.05, 3.63) is 17.3 Å². The van der Waals surface area contributed by atoms with Crippen LogP contribution in [0.3, 0.4) is 0 Å². The van der Waals surface area contributed by atoms with Crippen LogP contribution in [0.4, 0.5) is 19.0 Å². The van der Waals surface area contributed by atoms with Gasteiger partial charge in [0.15, 0.2) is 10.8 Å². The Kier molecular flexibility index (Phi) is 5.10. The van der Waals surface area contributed by atoms with E-state index in [2.05, 4.69) is 10.3 Å². The fraction of sp³-hybridized carbons (Fsp3) is 0.615. The average Bonchev–Trinajstić information content (AvgIpc) is 2.95. The molecule has 2 rings (SSSR count). The minimum Gasteiger partial charge on any atom is -0.346 e. The average molecular weight is 320 g/mol. The summed E-state index contributed by atoms with van der Waals surface area (Å²) < 4.78 is 40.2. The monoisotopic (exact) mass is 320 g/mol. The van der Waals surface area contributed by atoms with Gasteiger partial charge in [-0.3, -0.25) is 4.40 Å². The van der Waals surface area contributed by atoms with Crippen LogP contribution in [0.25, 0.3) is 4.96 Å². The van der Waals surface area contributed by atoms with Gasteiger partial charge in [0.05, 0.1) is 5.69 Å². The zero-order chi connectivity index (χ0) is 15.5. The van der Waals surface area contributed by atoms with Gasteiger partial charge in [-0.05, 0) is 13.0 Å². The fourth-order valence-electron chi connectivity index (χ4n) is 2.23. The Labute approximate surface area is 125 Å². The standard InChI is InChI=1S/C13H19F3N4S/c1-3-5-19(9-13(14,15)16)11-10(8-17-4-2)20-6-7-21-12(20)18-11/h6-7,17H,3-5,8-9H2,1-2H3. The first kappa shape index (κ1) is 16.1. The van der Waals surface area contributed by atoms with Gasteiger partial charge in [-0.15, -0.1) is 11.3 Å². The molecule has 0 aliphatic rings. The van der Waals surface area contributed by atoms with Crippen LogP contribution in [-0.2, 0) is 6.54 Å². The van der Waals surface area contributed by atoms with Gasteiger partial charge in [-0.2, -0.15) is 13.2 Å². The Hall–Kier alpha value is -1.28. The second-order valence-corrected chi connectivity index (χ2v) is 5.63. The number of hydrogen-bond acceptors (Lipinski definition) is 4. The zero-order valence-corrected chi connectivity index (χ0v) is 12.9. The van der Waals surface area contributed by atoms with Gasteiger partial charge in [0.1, 0.15) is 6.54 Å². The number of rotatable bonds is 7. The maximum atomic E-state index is 12.8. The van der Waals surface area contributed by atoms with E-state index in [0.29, 0.717) is 25.3 Å². The van der Waals surface area contributed by atoms with Crippen molar-refractivity contribution in [3.63, 3.8) is 0 Å². The molecule has 0 saturated carbocycles. The van der Waals surface area contributed by atoms with E-state index in [9.17, 15) is 13.2 Å². The Morgan fingerprint density at radius 3 is 2.76 bits per heavy atom. The predicted molar refractivity (Wildman–Crippen MR) is 79.0 cm³/mol. The molecule has 0 aliphatic heterocycles. The van der Waals surface area contributed by atoms with Crippen molar-refractivity contribution in [3.8, 4) is 0 Å². The third kappa shape index (κ3) is 3.88. The lowest BCUT2D eigenvalue weighted by Gasteiger charge is -2.24. The Morgan fingerprint density at radius 1 is 1.38 bits per heavy atom. The van der Waals surface area contributed by atoms with Crippen LogP contribution in [0.5, 0.6) is 0 Å². The topological polar surface area (TPSA) is 32.6 Å². The summed E-state index contributed by atoms with van der Waals surface area (Å²) in [4.78, 5) is 6.45. The molecule has 0 bridgehead atoms. The molecule has 0 radical (unpaired) electrons. The van der Waals surface area contributed by atoms with Crippen LogP contribution in [0.1, 0.15) is 26.0 Å². The maximum absolute atomic E-state index is 12.8. The minimum atomic E-state index is -4.23. The first-order valence-electron chi connectivity index (χ1n) is 6.93. The van der Waals surface area contributed by atoms with Gasteiger partial charge in [0.2, 0.25) is 0 Å². The maximum Gasteiger partial charge on any atom is 0.405 e. The predicted octanol–water partition coefficient (Wildman–Crippen LogP) is 3.28. The molecule has 1 N–H and O–H groups in total. The Balaban J connectivity index is 2.37. The third-order valence-electron chi connectivity index (χ3n) is 3.05. The van der Waals surface area contributed by atoms with E-state index in [-0.39, 0.29) is 0 Å². The number of nitrogens with one attached hydrogen (secondary N) is 1. The molecule has 0 unspecified atom stereocenters. The van der Waals surface area contributed by atoms with Gasteiger partial charge in [-0.25, -0.2) is 4.98 Å². The van der Waals surface area contributed by atoms with Gasteiger partial charge in [0.25, 0.3) is 0 Å². The molecule has 4 nitrogen and oxygen atoms in total. The number of nitrogens with zero attached hydrogens (tertiary/aromatic N) is 3. The summed E-state index contributed by atoms with van der Waals surface area (Å²) in [6.07, 6.45) is -1.75. The second kappa shape index (κ2) is 6.65. The summed E-state index contributed by atoms with van der Waals surface area (Å²) >= 11 is 1.43. The highest BCUT2D eigenvalue weighted by molar-refractivity contribution is 7.15. The molecule has 2 aromatic heterocycles. The SMILES string of the molecule is CCCN(CC(F)(F)F)c1nc2sccn2c1CNCC. The van der Waals surface area contributed by atoms with E-state index in [4.69, 9.17) is 0 Å². The summed E-state index contributed by atoms with van der Waals surface area (Å²) in [5.74, 6) is 0.432. The van der Waals surface area contributed by atoms with Gasteiger partial charge >= 0.3 is 6.18 Å². The molecule has 0 amide bonds. The normalized spacial score (nSPS) is 12.2. The number of imidazole rings is 1. The largest absolute Gasteiger partial charge is 0.405 e. The first-order valence-corrected chi connectivity index (χ1v) is 7.81. The lowest BCUT2D eigenvalue weighted by atomic mass is 10.3. The van der Waals surface area contributed by atoms with Crippen molar-refractivity contribution in [2.24, 2.45) is 0 Å². The van der Waals surface area contributed by atoms with Crippen LogP contribution in [0.15, 0.2) is 11.6 Å². The molecule has 0 aromatic carbocycles. The highest BCUT2D eigenvalue weighted by Gasteiger charge is 2.32. The molecule has 0 fully saturated rings. The van der Waals surface area contributed by atoms with Crippen molar-refractivity contribution < 1.29 is 13.2 Å². The second-order valence-electron chi connectivity index (χ2n) is 4.75. The number of thiazole rings is 1. The lowest BCUT2D eigenvalue weighted by molar-refractivity contribution is -0.119. The molecule has 2 heterocycles. The van der Waals surface area contributed by atoms with Crippen molar-refractivity contribution in [1.29, 1.82) is 0 Å². The van der Waals surface area contributed by atoms with E-state index >= 15 is 0 Å². The van der Waals surface area contributed by atoms with Gasteiger partial charge < -0.3 is 10.2 Å². The van der Waals surface area contributed by atoms with Crippen molar-refractivity contribution in [1.82, 2.24) is 14.7 Å². The Bertz CT molecular complexity index is 575. The molecule has 2 aromatic rings. The smallest absolute Gasteiger partial charge is 0.346 e. The quantitative estimate of drug-likeness (QED) is 0.850. The molecule has 8 heteroatoms. The summed E-state index contributed by atoms with van der Waals surface area (Å²) in [6.45, 7) is 4.46. The molecule has 21 heavy (non-hydrogen) atoms. The summed E-state index contributed by atoms with van der Waals surface area (Å²) in [6, 6.07) is 0. The zero-order valence-electron chi connectivity index (χ0n) is 12.1. The molecule has 0 saturated heterocycles. The number of anilines is 1. The van der Waals surface area contributed by atoms with Crippen LogP contribution in [0, 0.1) is 0 Å². The van der Waals surface area contributed by atoms with Crippen LogP contribution in [-0.4, -0.2) is 35.2 Å². The number of fused-ring (bicyclic) bond motifs is 1.